The van der Waals surface area contributed by atoms with Crippen molar-refractivity contribution < 1.29 is 22.7 Å². The Hall–Kier alpha value is -1.14. The summed E-state index contributed by atoms with van der Waals surface area (Å²) in [5.41, 5.74) is 0.641. The molecule has 0 aliphatic carbocycles. The maximum atomic E-state index is 12.1. The van der Waals surface area contributed by atoms with Crippen LogP contribution in [0, 0.1) is 0 Å². The molecule has 0 N–H and O–H groups in total. The molecule has 0 aliphatic rings. The van der Waals surface area contributed by atoms with Crippen LogP contribution in [0.4, 0.5) is 18.0 Å². The molecule has 0 bridgehead atoms. The first-order valence-corrected chi connectivity index (χ1v) is 6.80. The van der Waals surface area contributed by atoms with Gasteiger partial charge < -0.3 is 9.64 Å². The Morgan fingerprint density at radius 3 is 2.38 bits per heavy atom. The molecule has 0 heterocycles. The van der Waals surface area contributed by atoms with Crippen LogP contribution >= 0.6 is 23.2 Å². The van der Waals surface area contributed by atoms with E-state index in [0.29, 0.717) is 15.6 Å². The zero-order valence-corrected chi connectivity index (χ0v) is 12.9. The van der Waals surface area contributed by atoms with Gasteiger partial charge in [0.25, 0.3) is 0 Å². The number of rotatable bonds is 4. The molecule has 0 saturated carbocycles. The average Bonchev–Trinajstić information content (AvgIpc) is 2.36. The molecule has 0 saturated heterocycles. The summed E-state index contributed by atoms with van der Waals surface area (Å²) >= 11 is 11.6. The zero-order valence-electron chi connectivity index (χ0n) is 11.4. The van der Waals surface area contributed by atoms with Gasteiger partial charge >= 0.3 is 12.3 Å². The molecule has 1 rings (SSSR count). The first-order chi connectivity index (χ1) is 9.60. The molecule has 1 aromatic carbocycles. The number of hydrogen-bond acceptors (Lipinski definition) is 2. The molecule has 8 heteroatoms. The van der Waals surface area contributed by atoms with Gasteiger partial charge in [-0.25, -0.2) is 4.79 Å². The van der Waals surface area contributed by atoms with E-state index in [1.807, 2.05) is 0 Å². The number of nitrogens with zero attached hydrogens (tertiary/aromatic N) is 1. The lowest BCUT2D eigenvalue weighted by Gasteiger charge is -2.26. The largest absolute Gasteiger partial charge is 0.440 e. The van der Waals surface area contributed by atoms with E-state index in [-0.39, 0.29) is 12.6 Å². The van der Waals surface area contributed by atoms with Crippen LogP contribution in [0.15, 0.2) is 18.2 Å². The highest BCUT2D eigenvalue weighted by Gasteiger charge is 2.31. The summed E-state index contributed by atoms with van der Waals surface area (Å²) in [6, 6.07) is 4.41. The lowest BCUT2D eigenvalue weighted by atomic mass is 10.2. The second-order valence-electron chi connectivity index (χ2n) is 4.64. The minimum atomic E-state index is -4.55. The highest BCUT2D eigenvalue weighted by molar-refractivity contribution is 6.42. The number of alkyl halides is 3. The summed E-state index contributed by atoms with van der Waals surface area (Å²) < 4.78 is 40.5. The van der Waals surface area contributed by atoms with Crippen LogP contribution in [0.3, 0.4) is 0 Å². The van der Waals surface area contributed by atoms with Crippen molar-refractivity contribution in [1.82, 2.24) is 4.90 Å². The lowest BCUT2D eigenvalue weighted by molar-refractivity contribution is -0.162. The van der Waals surface area contributed by atoms with E-state index in [9.17, 15) is 18.0 Å². The molecule has 0 spiro atoms. The van der Waals surface area contributed by atoms with Crippen molar-refractivity contribution in [3.05, 3.63) is 33.8 Å². The van der Waals surface area contributed by atoms with E-state index in [0.717, 1.165) is 0 Å². The molecule has 1 amide bonds. The van der Waals surface area contributed by atoms with E-state index >= 15 is 0 Å². The second-order valence-corrected chi connectivity index (χ2v) is 5.45. The van der Waals surface area contributed by atoms with E-state index < -0.39 is 18.9 Å². The Morgan fingerprint density at radius 2 is 1.90 bits per heavy atom. The highest BCUT2D eigenvalue weighted by atomic mass is 35.5. The molecule has 0 aromatic heterocycles. The van der Waals surface area contributed by atoms with Gasteiger partial charge in [0, 0.05) is 12.6 Å². The van der Waals surface area contributed by atoms with Crippen molar-refractivity contribution in [3.8, 4) is 0 Å². The summed E-state index contributed by atoms with van der Waals surface area (Å²) in [7, 11) is 0. The number of amides is 1. The van der Waals surface area contributed by atoms with Crippen LogP contribution < -0.4 is 0 Å². The third-order valence-corrected chi connectivity index (χ3v) is 3.29. The third kappa shape index (κ3) is 6.01. The molecular formula is C13H14Cl2F3NO2. The Morgan fingerprint density at radius 1 is 1.29 bits per heavy atom. The number of benzene rings is 1. The fraction of sp³-hybridized carbons (Fsp3) is 0.462. The van der Waals surface area contributed by atoms with Crippen molar-refractivity contribution in [1.29, 1.82) is 0 Å². The quantitative estimate of drug-likeness (QED) is 0.777. The van der Waals surface area contributed by atoms with Crippen LogP contribution in [-0.2, 0) is 11.3 Å². The van der Waals surface area contributed by atoms with Crippen molar-refractivity contribution >= 4 is 29.3 Å². The van der Waals surface area contributed by atoms with Crippen LogP contribution in [0.25, 0.3) is 0 Å². The molecule has 0 unspecified atom stereocenters. The molecule has 0 aliphatic heterocycles. The first kappa shape index (κ1) is 17.9. The Labute approximate surface area is 130 Å². The summed E-state index contributed by atoms with van der Waals surface area (Å²) in [5, 5.41) is 0.665. The number of hydrogen-bond donors (Lipinski definition) is 0. The van der Waals surface area contributed by atoms with Gasteiger partial charge in [0.05, 0.1) is 10.0 Å². The predicted octanol–water partition coefficient (Wildman–Crippen LogP) is 4.90. The maximum absolute atomic E-state index is 12.1. The zero-order chi connectivity index (χ0) is 16.2. The topological polar surface area (TPSA) is 29.5 Å². The lowest BCUT2D eigenvalue weighted by Crippen LogP contribution is -2.38. The summed E-state index contributed by atoms with van der Waals surface area (Å²) in [6.07, 6.45) is -5.59. The fourth-order valence-corrected chi connectivity index (χ4v) is 1.84. The molecule has 1 aromatic rings. The number of carbonyl (C=O) groups is 1. The van der Waals surface area contributed by atoms with Gasteiger partial charge in [0.15, 0.2) is 6.61 Å². The standard InChI is InChI=1S/C13H14Cl2F3NO2/c1-8(2)19(12(20)21-7-13(16,17)18)6-9-3-4-10(14)11(15)5-9/h3-5,8H,6-7H2,1-2H3. The van der Waals surface area contributed by atoms with Gasteiger partial charge in [0.2, 0.25) is 0 Å². The van der Waals surface area contributed by atoms with Gasteiger partial charge in [-0.15, -0.1) is 0 Å². The number of ether oxygens (including phenoxy) is 1. The third-order valence-electron chi connectivity index (χ3n) is 2.55. The predicted molar refractivity (Wildman–Crippen MR) is 74.5 cm³/mol. The van der Waals surface area contributed by atoms with Crippen LogP contribution in [-0.4, -0.2) is 29.8 Å². The van der Waals surface area contributed by atoms with Crippen molar-refractivity contribution in [2.24, 2.45) is 0 Å². The Bertz CT molecular complexity index is 507. The van der Waals surface area contributed by atoms with Crippen molar-refractivity contribution in [2.75, 3.05) is 6.61 Å². The SMILES string of the molecule is CC(C)N(Cc1ccc(Cl)c(Cl)c1)C(=O)OCC(F)(F)F. The number of carbonyl (C=O) groups excluding carboxylic acids is 1. The minimum Gasteiger partial charge on any atom is -0.440 e. The van der Waals surface area contributed by atoms with E-state index in [4.69, 9.17) is 23.2 Å². The molecule has 118 valence electrons. The van der Waals surface area contributed by atoms with Crippen LogP contribution in [0.1, 0.15) is 19.4 Å². The van der Waals surface area contributed by atoms with Gasteiger partial charge in [-0.05, 0) is 31.5 Å². The summed E-state index contributed by atoms with van der Waals surface area (Å²) in [5.74, 6) is 0. The van der Waals surface area contributed by atoms with Crippen LogP contribution in [0.5, 0.6) is 0 Å². The highest BCUT2D eigenvalue weighted by Crippen LogP contribution is 2.24. The molecule has 3 nitrogen and oxygen atoms in total. The normalized spacial score (nSPS) is 11.6. The van der Waals surface area contributed by atoms with Gasteiger partial charge in [-0.2, -0.15) is 13.2 Å². The summed E-state index contributed by atoms with van der Waals surface area (Å²) in [6.45, 7) is 1.81. The smallest absolute Gasteiger partial charge is 0.422 e. The van der Waals surface area contributed by atoms with E-state index in [1.165, 1.54) is 4.90 Å². The van der Waals surface area contributed by atoms with Crippen LogP contribution in [0.2, 0.25) is 10.0 Å². The molecule has 0 atom stereocenters. The number of halogens is 5. The second kappa shape index (κ2) is 7.22. The van der Waals surface area contributed by atoms with E-state index in [1.54, 1.807) is 32.0 Å². The fourth-order valence-electron chi connectivity index (χ4n) is 1.52. The maximum Gasteiger partial charge on any atom is 0.422 e. The Balaban J connectivity index is 2.77. The molecule has 21 heavy (non-hydrogen) atoms. The van der Waals surface area contributed by atoms with Gasteiger partial charge in [-0.3, -0.25) is 0 Å². The molecule has 0 radical (unpaired) electrons. The van der Waals surface area contributed by atoms with Crippen molar-refractivity contribution in [2.45, 2.75) is 32.6 Å². The monoisotopic (exact) mass is 343 g/mol. The van der Waals surface area contributed by atoms with Gasteiger partial charge in [0.1, 0.15) is 0 Å². The molecular weight excluding hydrogens is 330 g/mol. The minimum absolute atomic E-state index is 0.0746. The average molecular weight is 344 g/mol. The van der Waals surface area contributed by atoms with Crippen molar-refractivity contribution in [3.63, 3.8) is 0 Å². The first-order valence-electron chi connectivity index (χ1n) is 6.04. The van der Waals surface area contributed by atoms with Gasteiger partial charge in [-0.1, -0.05) is 29.3 Å². The molecule has 0 fully saturated rings. The Kier molecular flexibility index (Phi) is 6.16. The summed E-state index contributed by atoms with van der Waals surface area (Å²) in [4.78, 5) is 12.9. The van der Waals surface area contributed by atoms with E-state index in [2.05, 4.69) is 4.74 Å².